The van der Waals surface area contributed by atoms with E-state index in [1.165, 1.54) is 103 Å². The minimum absolute atomic E-state index is 0.0640. The summed E-state index contributed by atoms with van der Waals surface area (Å²) in [6.07, 6.45) is 10.3. The number of hydrogen-bond donors (Lipinski definition) is 7. The van der Waals surface area contributed by atoms with Gasteiger partial charge in [-0.2, -0.15) is 0 Å². The van der Waals surface area contributed by atoms with Gasteiger partial charge >= 0.3 is 5.97 Å². The van der Waals surface area contributed by atoms with Crippen molar-refractivity contribution in [2.24, 2.45) is 0 Å². The van der Waals surface area contributed by atoms with Crippen LogP contribution in [0.3, 0.4) is 0 Å². The minimum Gasteiger partial charge on any atom is -0.457 e. The second kappa shape index (κ2) is 31.0. The molecule has 11 atom stereocenters. The van der Waals surface area contributed by atoms with Gasteiger partial charge in [0.15, 0.2) is 12.6 Å². The monoisotopic (exact) mass is 795 g/mol. The van der Waals surface area contributed by atoms with E-state index in [1.807, 2.05) is 6.92 Å². The van der Waals surface area contributed by atoms with Crippen LogP contribution in [0.4, 0.5) is 0 Å². The number of aliphatic hydroxyl groups is 7. The van der Waals surface area contributed by atoms with Gasteiger partial charge in [-0.25, -0.2) is 0 Å². The quantitative estimate of drug-likeness (QED) is 0.0367. The second-order valence-electron chi connectivity index (χ2n) is 15.5. The van der Waals surface area contributed by atoms with E-state index in [9.17, 15) is 40.5 Å². The number of rotatable bonds is 33. The Bertz CT molecular complexity index is 927. The molecule has 11 unspecified atom stereocenters. The molecule has 2 rings (SSSR count). The lowest BCUT2D eigenvalue weighted by Gasteiger charge is -2.42. The fraction of sp³-hybridized carbons (Fsp3) is 0.976. The number of carbonyl (C=O) groups excluding carboxylic acids is 1. The van der Waals surface area contributed by atoms with Gasteiger partial charge in [0.1, 0.15) is 54.9 Å². The number of hydrogen-bond acceptors (Lipinski definition) is 14. The normalized spacial score (nSPS) is 29.0. The lowest BCUT2D eigenvalue weighted by Crippen LogP contribution is -2.61. The first-order valence-corrected chi connectivity index (χ1v) is 21.6. The average molecular weight is 795 g/mol. The van der Waals surface area contributed by atoms with Crippen LogP contribution >= 0.6 is 0 Å². The maximum absolute atomic E-state index is 12.5. The van der Waals surface area contributed by atoms with E-state index in [-0.39, 0.29) is 19.6 Å². The third-order valence-corrected chi connectivity index (χ3v) is 10.6. The van der Waals surface area contributed by atoms with Gasteiger partial charge < -0.3 is 64.2 Å². The first kappa shape index (κ1) is 50.1. The SMILES string of the molecule is CCCCCCCCCCCCCCCCCCCCCOCC(COC1OC(COC2OC(CO)C(O)C(O)C2O)C(O)C(O)C1O)OC(=O)CCCC. The summed E-state index contributed by atoms with van der Waals surface area (Å²) in [6, 6.07) is 0. The van der Waals surface area contributed by atoms with Crippen LogP contribution in [-0.4, -0.2) is 142 Å². The van der Waals surface area contributed by atoms with E-state index in [2.05, 4.69) is 6.92 Å². The zero-order valence-electron chi connectivity index (χ0n) is 33.9. The van der Waals surface area contributed by atoms with Crippen LogP contribution in [0.2, 0.25) is 0 Å². The van der Waals surface area contributed by atoms with Gasteiger partial charge in [-0.05, 0) is 12.8 Å². The van der Waals surface area contributed by atoms with Gasteiger partial charge in [0, 0.05) is 13.0 Å². The lowest BCUT2D eigenvalue weighted by molar-refractivity contribution is -0.332. The summed E-state index contributed by atoms with van der Waals surface area (Å²) in [4.78, 5) is 12.5. The molecule has 14 heteroatoms. The smallest absolute Gasteiger partial charge is 0.306 e. The Kier molecular flexibility index (Phi) is 28.2. The van der Waals surface area contributed by atoms with E-state index in [1.54, 1.807) is 0 Å². The van der Waals surface area contributed by atoms with E-state index < -0.39 is 86.7 Å². The standard InChI is InChI=1S/C41H78O14/c1-3-5-7-8-9-10-11-12-13-14-15-16-17-18-19-20-21-22-23-25-50-27-30(53-33(43)24-6-4-2)28-51-40-39(49)37(47)35(45)32(55-40)29-52-41-38(48)36(46)34(44)31(26-42)54-41/h30-32,34-42,44-49H,3-29H2,1-2H3. The van der Waals surface area contributed by atoms with Crippen molar-refractivity contribution in [2.75, 3.05) is 33.0 Å². The topological polar surface area (TPSA) is 214 Å². The third kappa shape index (κ3) is 20.5. The van der Waals surface area contributed by atoms with Crippen molar-refractivity contribution in [1.29, 1.82) is 0 Å². The highest BCUT2D eigenvalue weighted by atomic mass is 16.7. The van der Waals surface area contributed by atoms with Crippen LogP contribution < -0.4 is 0 Å². The van der Waals surface area contributed by atoms with Crippen LogP contribution in [-0.2, 0) is 33.2 Å². The fourth-order valence-electron chi connectivity index (χ4n) is 6.97. The Morgan fingerprint density at radius 3 is 1.45 bits per heavy atom. The summed E-state index contributed by atoms with van der Waals surface area (Å²) in [5.41, 5.74) is 0. The molecule has 2 fully saturated rings. The largest absolute Gasteiger partial charge is 0.457 e. The molecule has 0 amide bonds. The van der Waals surface area contributed by atoms with E-state index in [0.717, 1.165) is 25.7 Å². The molecule has 0 aromatic heterocycles. The van der Waals surface area contributed by atoms with Gasteiger partial charge in [0.2, 0.25) is 0 Å². The maximum atomic E-state index is 12.5. The van der Waals surface area contributed by atoms with Gasteiger partial charge in [0.05, 0.1) is 26.4 Å². The molecule has 2 aliphatic heterocycles. The van der Waals surface area contributed by atoms with Crippen LogP contribution in [0.5, 0.6) is 0 Å². The molecule has 0 spiro atoms. The molecule has 2 saturated heterocycles. The molecule has 0 radical (unpaired) electrons. The van der Waals surface area contributed by atoms with Gasteiger partial charge in [0.25, 0.3) is 0 Å². The summed E-state index contributed by atoms with van der Waals surface area (Å²) in [6.45, 7) is 3.44. The number of ether oxygens (including phenoxy) is 6. The highest BCUT2D eigenvalue weighted by Gasteiger charge is 2.47. The second-order valence-corrected chi connectivity index (χ2v) is 15.5. The molecule has 7 N–H and O–H groups in total. The Morgan fingerprint density at radius 1 is 0.527 bits per heavy atom. The molecule has 0 saturated carbocycles. The Labute approximate surface area is 330 Å². The number of aliphatic hydroxyl groups excluding tert-OH is 7. The van der Waals surface area contributed by atoms with Crippen LogP contribution in [0.1, 0.15) is 155 Å². The van der Waals surface area contributed by atoms with E-state index in [4.69, 9.17) is 28.4 Å². The Hall–Kier alpha value is -1.01. The Balaban J connectivity index is 1.64. The molecule has 326 valence electrons. The van der Waals surface area contributed by atoms with Crippen molar-refractivity contribution in [2.45, 2.75) is 223 Å². The first-order chi connectivity index (χ1) is 26.6. The summed E-state index contributed by atoms with van der Waals surface area (Å²) in [7, 11) is 0. The van der Waals surface area contributed by atoms with E-state index >= 15 is 0 Å². The fourth-order valence-corrected chi connectivity index (χ4v) is 6.97. The molecule has 0 aromatic rings. The molecular weight excluding hydrogens is 716 g/mol. The molecule has 2 heterocycles. The van der Waals surface area contributed by atoms with Crippen LogP contribution in [0, 0.1) is 0 Å². The van der Waals surface area contributed by atoms with Gasteiger partial charge in [-0.3, -0.25) is 4.79 Å². The molecule has 14 nitrogen and oxygen atoms in total. The molecule has 0 aromatic carbocycles. The van der Waals surface area contributed by atoms with Crippen molar-refractivity contribution in [3.05, 3.63) is 0 Å². The Morgan fingerprint density at radius 2 is 0.964 bits per heavy atom. The molecule has 0 aliphatic carbocycles. The summed E-state index contributed by atoms with van der Waals surface area (Å²) < 4.78 is 33.7. The summed E-state index contributed by atoms with van der Waals surface area (Å²) >= 11 is 0. The lowest BCUT2D eigenvalue weighted by atomic mass is 9.98. The van der Waals surface area contributed by atoms with E-state index in [0.29, 0.717) is 13.0 Å². The minimum atomic E-state index is -1.70. The molecular formula is C41H78O14. The van der Waals surface area contributed by atoms with Crippen LogP contribution in [0.25, 0.3) is 0 Å². The zero-order chi connectivity index (χ0) is 40.3. The number of unbranched alkanes of at least 4 members (excludes halogenated alkanes) is 19. The van der Waals surface area contributed by atoms with Crippen molar-refractivity contribution < 1.29 is 69.0 Å². The van der Waals surface area contributed by atoms with Crippen molar-refractivity contribution in [3.63, 3.8) is 0 Å². The van der Waals surface area contributed by atoms with Crippen LogP contribution in [0.15, 0.2) is 0 Å². The first-order valence-electron chi connectivity index (χ1n) is 21.6. The zero-order valence-corrected chi connectivity index (χ0v) is 33.9. The predicted molar refractivity (Wildman–Crippen MR) is 206 cm³/mol. The molecule has 55 heavy (non-hydrogen) atoms. The maximum Gasteiger partial charge on any atom is 0.306 e. The molecule has 2 aliphatic rings. The average Bonchev–Trinajstić information content (AvgIpc) is 3.18. The number of carbonyl (C=O) groups is 1. The summed E-state index contributed by atoms with van der Waals surface area (Å²) in [5.74, 6) is -0.408. The van der Waals surface area contributed by atoms with Gasteiger partial charge in [-0.15, -0.1) is 0 Å². The van der Waals surface area contributed by atoms with Crippen molar-refractivity contribution >= 4 is 5.97 Å². The predicted octanol–water partition coefficient (Wildman–Crippen LogP) is 4.18. The van der Waals surface area contributed by atoms with Crippen molar-refractivity contribution in [3.8, 4) is 0 Å². The highest BCUT2D eigenvalue weighted by molar-refractivity contribution is 5.69. The van der Waals surface area contributed by atoms with Crippen molar-refractivity contribution in [1.82, 2.24) is 0 Å². The van der Waals surface area contributed by atoms with Gasteiger partial charge in [-0.1, -0.05) is 136 Å². The summed E-state index contributed by atoms with van der Waals surface area (Å²) in [5, 5.41) is 71.3. The number of esters is 1. The highest BCUT2D eigenvalue weighted by Crippen LogP contribution is 2.26. The molecule has 0 bridgehead atoms. The third-order valence-electron chi connectivity index (χ3n) is 10.6.